The zero-order valence-corrected chi connectivity index (χ0v) is 15.6. The maximum atomic E-state index is 14.5. The number of imidazole rings is 1. The van der Waals surface area contributed by atoms with Crippen LogP contribution in [0.15, 0.2) is 85.1 Å². The molecule has 5 heteroatoms. The molecule has 0 atom stereocenters. The Bertz CT molecular complexity index is 1020. The third-order valence-corrected chi connectivity index (χ3v) is 6.57. The minimum atomic E-state index is -1.03. The van der Waals surface area contributed by atoms with Gasteiger partial charge in [0.2, 0.25) is 0 Å². The molecule has 2 nitrogen and oxygen atoms in total. The topological polar surface area (TPSA) is 17.8 Å². The second-order valence-corrected chi connectivity index (χ2v) is 8.24. The van der Waals surface area contributed by atoms with Crippen LogP contribution in [0.25, 0.3) is 5.69 Å². The van der Waals surface area contributed by atoms with Crippen LogP contribution in [0.1, 0.15) is 5.69 Å². The highest BCUT2D eigenvalue weighted by molar-refractivity contribution is 7.79. The lowest BCUT2D eigenvalue weighted by Gasteiger charge is -2.20. The van der Waals surface area contributed by atoms with Gasteiger partial charge in [0.25, 0.3) is 0 Å². The van der Waals surface area contributed by atoms with Crippen molar-refractivity contribution in [2.75, 3.05) is 0 Å². The van der Waals surface area contributed by atoms with Gasteiger partial charge in [-0.3, -0.25) is 4.57 Å². The van der Waals surface area contributed by atoms with Crippen molar-refractivity contribution in [1.29, 1.82) is 0 Å². The number of benzene rings is 3. The summed E-state index contributed by atoms with van der Waals surface area (Å²) in [5, 5.41) is 2.20. The molecular weight excluding hydrogens is 361 g/mol. The van der Waals surface area contributed by atoms with E-state index in [0.29, 0.717) is 5.57 Å². The summed E-state index contributed by atoms with van der Waals surface area (Å²) in [7, 11) is -1.03. The van der Waals surface area contributed by atoms with Gasteiger partial charge in [-0.15, -0.1) is 0 Å². The van der Waals surface area contributed by atoms with Crippen molar-refractivity contribution in [2.24, 2.45) is 0 Å². The minimum absolute atomic E-state index is 0.171. The highest BCUT2D eigenvalue weighted by Gasteiger charge is 2.24. The molecule has 0 aliphatic carbocycles. The van der Waals surface area contributed by atoms with E-state index >= 15 is 0 Å². The van der Waals surface area contributed by atoms with Crippen molar-refractivity contribution in [3.8, 4) is 5.69 Å². The first kappa shape index (κ1) is 17.6. The molecule has 0 fully saturated rings. The van der Waals surface area contributed by atoms with Crippen molar-refractivity contribution in [2.45, 2.75) is 6.92 Å². The average molecular weight is 378 g/mol. The number of nitrogens with zero attached hydrogens (tertiary/aromatic N) is 2. The third kappa shape index (κ3) is 3.41. The van der Waals surface area contributed by atoms with Gasteiger partial charge in [-0.1, -0.05) is 66.7 Å². The number of hydrogen-bond donors (Lipinski definition) is 0. The van der Waals surface area contributed by atoms with Crippen molar-refractivity contribution >= 4 is 24.1 Å². The summed E-state index contributed by atoms with van der Waals surface area (Å²) in [6.45, 7) is 1.86. The van der Waals surface area contributed by atoms with E-state index in [1.165, 1.54) is 6.07 Å². The molecule has 0 aliphatic rings. The Morgan fingerprint density at radius 1 is 0.778 bits per heavy atom. The zero-order valence-electron chi connectivity index (χ0n) is 14.7. The monoisotopic (exact) mass is 378 g/mol. The quantitative estimate of drug-likeness (QED) is 0.487. The maximum Gasteiger partial charge on any atom is 0.182 e. The lowest BCUT2D eigenvalue weighted by atomic mass is 10.3. The summed E-state index contributed by atoms with van der Waals surface area (Å²) in [4.78, 5) is 4.71. The molecule has 4 aromatic rings. The van der Waals surface area contributed by atoms with E-state index in [9.17, 15) is 8.78 Å². The SMILES string of the molecule is Cc1cn(-c2cccc(F)c2F)c(P(c2ccccc2)c2ccccc2)n1. The maximum absolute atomic E-state index is 14.5. The second-order valence-electron chi connectivity index (χ2n) is 6.13. The van der Waals surface area contributed by atoms with Crippen molar-refractivity contribution in [3.63, 3.8) is 0 Å². The summed E-state index contributed by atoms with van der Waals surface area (Å²) < 4.78 is 30.1. The van der Waals surface area contributed by atoms with Gasteiger partial charge >= 0.3 is 0 Å². The van der Waals surface area contributed by atoms with Crippen molar-refractivity contribution < 1.29 is 8.78 Å². The minimum Gasteiger partial charge on any atom is -0.296 e. The van der Waals surface area contributed by atoms with E-state index < -0.39 is 19.6 Å². The van der Waals surface area contributed by atoms with Gasteiger partial charge in [-0.25, -0.2) is 13.8 Å². The number of aromatic nitrogens is 2. The Morgan fingerprint density at radius 3 is 1.96 bits per heavy atom. The molecule has 134 valence electrons. The number of rotatable bonds is 4. The van der Waals surface area contributed by atoms with Crippen molar-refractivity contribution in [1.82, 2.24) is 9.55 Å². The van der Waals surface area contributed by atoms with Crippen LogP contribution in [0.2, 0.25) is 0 Å². The zero-order chi connectivity index (χ0) is 18.8. The fraction of sp³-hybridized carbons (Fsp3) is 0.0455. The fourth-order valence-electron chi connectivity index (χ4n) is 3.03. The molecule has 0 amide bonds. The molecule has 27 heavy (non-hydrogen) atoms. The van der Waals surface area contributed by atoms with Crippen LogP contribution in [0.4, 0.5) is 8.78 Å². The molecule has 0 radical (unpaired) electrons. The molecule has 1 aromatic heterocycles. The smallest absolute Gasteiger partial charge is 0.182 e. The van der Waals surface area contributed by atoms with E-state index in [1.807, 2.05) is 43.3 Å². The first-order valence-corrected chi connectivity index (χ1v) is 9.90. The van der Waals surface area contributed by atoms with Gasteiger partial charge in [0, 0.05) is 14.1 Å². The largest absolute Gasteiger partial charge is 0.296 e. The van der Waals surface area contributed by atoms with Crippen molar-refractivity contribution in [3.05, 3.63) is 102 Å². The normalized spacial score (nSPS) is 11.1. The number of hydrogen-bond acceptors (Lipinski definition) is 1. The molecule has 0 unspecified atom stereocenters. The standard InChI is InChI=1S/C22H17F2N2P/c1-16-15-26(20-14-8-13-19(23)21(20)24)22(25-16)27(17-9-4-2-5-10-17)18-11-6-3-7-12-18/h2-15H,1H3. The molecule has 0 bridgehead atoms. The van der Waals surface area contributed by atoms with Gasteiger partial charge in [0.1, 0.15) is 5.57 Å². The lowest BCUT2D eigenvalue weighted by Crippen LogP contribution is -2.27. The Morgan fingerprint density at radius 2 is 1.37 bits per heavy atom. The first-order valence-electron chi connectivity index (χ1n) is 8.56. The highest BCUT2D eigenvalue weighted by atomic mass is 31.1. The average Bonchev–Trinajstić information content (AvgIpc) is 3.07. The van der Waals surface area contributed by atoms with E-state index in [-0.39, 0.29) is 5.69 Å². The van der Waals surface area contributed by atoms with Gasteiger partial charge in [-0.05, 0) is 29.7 Å². The molecule has 0 N–H and O–H groups in total. The molecule has 0 saturated carbocycles. The number of aryl methyl sites for hydroxylation is 1. The van der Waals surface area contributed by atoms with E-state index in [2.05, 4.69) is 24.3 Å². The Kier molecular flexibility index (Phi) is 4.83. The summed E-state index contributed by atoms with van der Waals surface area (Å²) >= 11 is 0. The fourth-order valence-corrected chi connectivity index (χ4v) is 5.37. The molecule has 3 aromatic carbocycles. The molecule has 0 saturated heterocycles. The van der Waals surface area contributed by atoms with Gasteiger partial charge in [0.15, 0.2) is 11.6 Å². The van der Waals surface area contributed by atoms with Crippen LogP contribution in [-0.2, 0) is 0 Å². The van der Waals surface area contributed by atoms with E-state index in [1.54, 1.807) is 16.8 Å². The highest BCUT2D eigenvalue weighted by Crippen LogP contribution is 2.33. The van der Waals surface area contributed by atoms with Gasteiger partial charge < -0.3 is 0 Å². The summed E-state index contributed by atoms with van der Waals surface area (Å²) in [5.74, 6) is -1.74. The molecule has 0 aliphatic heterocycles. The molecular formula is C22H17F2N2P. The van der Waals surface area contributed by atoms with Gasteiger partial charge in [-0.2, -0.15) is 0 Å². The van der Waals surface area contributed by atoms with Crippen LogP contribution in [0.5, 0.6) is 0 Å². The molecule has 1 heterocycles. The van der Waals surface area contributed by atoms with Crippen LogP contribution in [0, 0.1) is 18.6 Å². The molecule has 0 spiro atoms. The van der Waals surface area contributed by atoms with E-state index in [0.717, 1.165) is 22.4 Å². The Hall–Kier alpha value is -2.84. The predicted octanol–water partition coefficient (Wildman–Crippen LogP) is 4.22. The summed E-state index contributed by atoms with van der Waals surface area (Å²) in [6, 6.07) is 24.3. The summed E-state index contributed by atoms with van der Waals surface area (Å²) in [6.07, 6.45) is 1.76. The van der Waals surface area contributed by atoms with Crippen LogP contribution >= 0.6 is 7.92 Å². The second kappa shape index (κ2) is 7.42. The van der Waals surface area contributed by atoms with Gasteiger partial charge in [0.05, 0.1) is 11.4 Å². The van der Waals surface area contributed by atoms with Crippen LogP contribution in [-0.4, -0.2) is 9.55 Å². The third-order valence-electron chi connectivity index (χ3n) is 4.23. The lowest BCUT2D eigenvalue weighted by molar-refractivity contribution is 0.505. The predicted molar refractivity (Wildman–Crippen MR) is 107 cm³/mol. The van der Waals surface area contributed by atoms with Crippen LogP contribution in [0.3, 0.4) is 0 Å². The Balaban J connectivity index is 1.96. The summed E-state index contributed by atoms with van der Waals surface area (Å²) in [5.41, 5.74) is 1.64. The number of halogens is 2. The first-order chi connectivity index (χ1) is 13.1. The van der Waals surface area contributed by atoms with E-state index in [4.69, 9.17) is 4.98 Å². The molecule has 4 rings (SSSR count). The van der Waals surface area contributed by atoms with Crippen LogP contribution < -0.4 is 16.2 Å². The Labute approximate surface area is 157 Å².